The van der Waals surface area contributed by atoms with Crippen LogP contribution in [0.3, 0.4) is 0 Å². The molecule has 1 heterocycles. The molecule has 1 aromatic heterocycles. The Morgan fingerprint density at radius 2 is 1.76 bits per heavy atom. The van der Waals surface area contributed by atoms with Gasteiger partial charge in [-0.15, -0.1) is 16.1 Å². The van der Waals surface area contributed by atoms with E-state index in [1.165, 1.54) is 4.88 Å². The van der Waals surface area contributed by atoms with Crippen LogP contribution in [0.4, 0.5) is 0 Å². The van der Waals surface area contributed by atoms with Crippen LogP contribution < -0.4 is 4.72 Å². The molecule has 146 valence electrons. The van der Waals surface area contributed by atoms with Crippen LogP contribution in [0.2, 0.25) is 18.1 Å². The van der Waals surface area contributed by atoms with Gasteiger partial charge in [0.2, 0.25) is 0 Å². The zero-order chi connectivity index (χ0) is 19.7. The number of hydrogen-bond acceptors (Lipinski definition) is 5. The fourth-order valence-corrected chi connectivity index (χ4v) is 4.72. The third-order valence-electron chi connectivity index (χ3n) is 4.78. The Hall–Kier alpha value is 0.0769. The van der Waals surface area contributed by atoms with Crippen molar-refractivity contribution in [3.05, 3.63) is 16.1 Å². The van der Waals surface area contributed by atoms with E-state index in [0.29, 0.717) is 6.61 Å². The van der Waals surface area contributed by atoms with Crippen molar-refractivity contribution in [2.45, 2.75) is 90.2 Å². The largest absolute Gasteiger partial charge is 0.598 e. The van der Waals surface area contributed by atoms with E-state index in [4.69, 9.17) is 4.43 Å². The van der Waals surface area contributed by atoms with Gasteiger partial charge in [0.15, 0.2) is 8.32 Å². The van der Waals surface area contributed by atoms with Crippen molar-refractivity contribution < 1.29 is 8.98 Å². The summed E-state index contributed by atoms with van der Waals surface area (Å²) in [5.74, 6) is 0. The molecule has 4 nitrogen and oxygen atoms in total. The van der Waals surface area contributed by atoms with Crippen molar-refractivity contribution in [1.82, 2.24) is 9.71 Å². The van der Waals surface area contributed by atoms with Gasteiger partial charge in [0.25, 0.3) is 0 Å². The van der Waals surface area contributed by atoms with Crippen molar-refractivity contribution in [2.75, 3.05) is 6.61 Å². The average molecular weight is 405 g/mol. The van der Waals surface area contributed by atoms with Gasteiger partial charge in [0, 0.05) is 22.4 Å². The Bertz CT molecular complexity index is 564. The van der Waals surface area contributed by atoms with Crippen LogP contribution >= 0.6 is 11.3 Å². The lowest BCUT2D eigenvalue weighted by Crippen LogP contribution is -2.54. The first-order valence-electron chi connectivity index (χ1n) is 8.91. The van der Waals surface area contributed by atoms with E-state index in [0.717, 1.165) is 11.4 Å². The van der Waals surface area contributed by atoms with Gasteiger partial charge in [-0.05, 0) is 52.2 Å². The molecule has 0 bridgehead atoms. The summed E-state index contributed by atoms with van der Waals surface area (Å²) in [5, 5.41) is 1.08. The van der Waals surface area contributed by atoms with Gasteiger partial charge in [-0.3, -0.25) is 0 Å². The van der Waals surface area contributed by atoms with Gasteiger partial charge in [0.1, 0.15) is 15.3 Å². The highest BCUT2D eigenvalue weighted by Gasteiger charge is 2.43. The Balaban J connectivity index is 3.11. The summed E-state index contributed by atoms with van der Waals surface area (Å²) >= 11 is 0.481. The van der Waals surface area contributed by atoms with Crippen LogP contribution in [0.25, 0.3) is 0 Å². The molecule has 2 atom stereocenters. The minimum absolute atomic E-state index is 0.133. The Morgan fingerprint density at radius 1 is 1.20 bits per heavy atom. The van der Waals surface area contributed by atoms with Gasteiger partial charge in [-0.2, -0.15) is 0 Å². The minimum atomic E-state index is -1.91. The molecular formula is C18H36N2O2S2Si. The third-order valence-corrected chi connectivity index (χ3v) is 12.4. The van der Waals surface area contributed by atoms with Crippen LogP contribution in [0.1, 0.15) is 65.3 Å². The van der Waals surface area contributed by atoms with Crippen LogP contribution in [0, 0.1) is 0 Å². The molecule has 0 spiro atoms. The van der Waals surface area contributed by atoms with E-state index in [2.05, 4.69) is 57.4 Å². The summed E-state index contributed by atoms with van der Waals surface area (Å²) < 4.78 is 22.2. The molecule has 0 aliphatic heterocycles. The maximum Gasteiger partial charge on any atom is 0.192 e. The maximum absolute atomic E-state index is 12.8. The number of hydrogen-bond donors (Lipinski definition) is 1. The predicted molar refractivity (Wildman–Crippen MR) is 113 cm³/mol. The fraction of sp³-hybridized carbons (Fsp3) is 0.833. The molecule has 0 fully saturated rings. The fourth-order valence-electron chi connectivity index (χ4n) is 1.76. The SMILES string of the molecule is CCc1cnc([C@](C)(CO[Si](C)(C)C(C)(C)C)N[S+]([O-])C(C)(C)C)s1. The monoisotopic (exact) mass is 404 g/mol. The standard InChI is InChI=1S/C18H36N2O2S2Si/c1-11-14-12-19-15(23-14)18(8,20-24(21)16(2,3)4)13-22-25(9,10)17(5,6)7/h12,20H,11,13H2,1-10H3/t18-,24?/m0/s1. The normalized spacial score (nSPS) is 17.4. The Morgan fingerprint density at radius 3 is 2.16 bits per heavy atom. The lowest BCUT2D eigenvalue weighted by molar-refractivity contribution is 0.198. The summed E-state index contributed by atoms with van der Waals surface area (Å²) in [4.78, 5) is 5.85. The number of nitrogens with zero attached hydrogens (tertiary/aromatic N) is 1. The van der Waals surface area contributed by atoms with Crippen LogP contribution in [0.5, 0.6) is 0 Å². The summed E-state index contributed by atoms with van der Waals surface area (Å²) in [6, 6.07) is 0. The molecule has 25 heavy (non-hydrogen) atoms. The minimum Gasteiger partial charge on any atom is -0.598 e. The van der Waals surface area contributed by atoms with Crippen molar-refractivity contribution in [3.8, 4) is 0 Å². The molecule has 0 saturated carbocycles. The molecule has 1 rings (SSSR count). The number of aromatic nitrogens is 1. The van der Waals surface area contributed by atoms with E-state index in [9.17, 15) is 4.55 Å². The number of nitrogens with one attached hydrogen (secondary N) is 1. The highest BCUT2D eigenvalue weighted by atomic mass is 32.2. The zero-order valence-corrected chi connectivity index (χ0v) is 20.2. The summed E-state index contributed by atoms with van der Waals surface area (Å²) in [6.07, 6.45) is 2.88. The molecule has 0 aromatic carbocycles. The van der Waals surface area contributed by atoms with Crippen molar-refractivity contribution in [3.63, 3.8) is 0 Å². The summed E-state index contributed by atoms with van der Waals surface area (Å²) in [6.45, 7) is 21.8. The topological polar surface area (TPSA) is 57.2 Å². The summed E-state index contributed by atoms with van der Waals surface area (Å²) in [7, 11) is -1.91. The third kappa shape index (κ3) is 6.04. The van der Waals surface area contributed by atoms with Crippen LogP contribution in [-0.2, 0) is 27.7 Å². The molecule has 1 unspecified atom stereocenters. The average Bonchev–Trinajstić information content (AvgIpc) is 2.92. The zero-order valence-electron chi connectivity index (χ0n) is 17.6. The summed E-state index contributed by atoms with van der Waals surface area (Å²) in [5.41, 5.74) is -0.564. The second-order valence-corrected chi connectivity index (χ2v) is 17.2. The van der Waals surface area contributed by atoms with Gasteiger partial charge in [-0.25, -0.2) is 4.98 Å². The quantitative estimate of drug-likeness (QED) is 0.513. The van der Waals surface area contributed by atoms with Crippen molar-refractivity contribution in [1.29, 1.82) is 0 Å². The van der Waals surface area contributed by atoms with E-state index in [-0.39, 0.29) is 9.79 Å². The molecule has 1 N–H and O–H groups in total. The van der Waals surface area contributed by atoms with Gasteiger partial charge in [0.05, 0.1) is 6.61 Å². The number of thiazole rings is 1. The Labute approximate surface area is 162 Å². The number of rotatable bonds is 7. The van der Waals surface area contributed by atoms with Crippen molar-refractivity contribution >= 4 is 31.0 Å². The van der Waals surface area contributed by atoms with E-state index < -0.39 is 25.2 Å². The molecular weight excluding hydrogens is 368 g/mol. The highest BCUT2D eigenvalue weighted by molar-refractivity contribution is 7.90. The first-order valence-corrected chi connectivity index (χ1v) is 13.8. The first kappa shape index (κ1) is 23.1. The molecule has 1 aromatic rings. The van der Waals surface area contributed by atoms with Gasteiger partial charge < -0.3 is 8.98 Å². The molecule has 0 aliphatic carbocycles. The molecule has 0 radical (unpaired) electrons. The van der Waals surface area contributed by atoms with Crippen LogP contribution in [0.15, 0.2) is 6.20 Å². The maximum atomic E-state index is 12.8. The molecule has 0 amide bonds. The Kier molecular flexibility index (Phi) is 7.38. The van der Waals surface area contributed by atoms with E-state index in [1.54, 1.807) is 11.3 Å². The van der Waals surface area contributed by atoms with Gasteiger partial charge >= 0.3 is 0 Å². The lowest BCUT2D eigenvalue weighted by atomic mass is 10.1. The number of aryl methyl sites for hydroxylation is 1. The van der Waals surface area contributed by atoms with E-state index in [1.807, 2.05) is 27.0 Å². The highest BCUT2D eigenvalue weighted by Crippen LogP contribution is 2.38. The smallest absolute Gasteiger partial charge is 0.192 e. The predicted octanol–water partition coefficient (Wildman–Crippen LogP) is 4.99. The van der Waals surface area contributed by atoms with Crippen LogP contribution in [-0.4, -0.2) is 29.2 Å². The molecule has 0 aliphatic rings. The lowest BCUT2D eigenvalue weighted by Gasteiger charge is -2.40. The van der Waals surface area contributed by atoms with Gasteiger partial charge in [-0.1, -0.05) is 27.7 Å². The second-order valence-electron chi connectivity index (χ2n) is 9.35. The van der Waals surface area contributed by atoms with E-state index >= 15 is 0 Å². The molecule has 0 saturated heterocycles. The molecule has 7 heteroatoms. The van der Waals surface area contributed by atoms with Crippen molar-refractivity contribution in [2.24, 2.45) is 0 Å². The second kappa shape index (κ2) is 7.98. The first-order chi connectivity index (χ1) is 11.1.